The van der Waals surface area contributed by atoms with Gasteiger partial charge < -0.3 is 10.2 Å². The Balaban J connectivity index is 0.00000144. The smallest absolute Gasteiger partial charge is 0.255 e. The van der Waals surface area contributed by atoms with Crippen LogP contribution in [0.3, 0.4) is 0 Å². The number of carbonyl (C=O) groups is 1. The zero-order chi connectivity index (χ0) is 11.4. The van der Waals surface area contributed by atoms with Gasteiger partial charge in [-0.3, -0.25) is 9.78 Å². The van der Waals surface area contributed by atoms with Crippen LogP contribution in [0, 0.1) is 6.92 Å². The molecule has 0 spiro atoms. The molecule has 5 heteroatoms. The zero-order valence-electron chi connectivity index (χ0n) is 9.98. The third kappa shape index (κ3) is 3.68. The number of rotatable bonds is 1. The van der Waals surface area contributed by atoms with Gasteiger partial charge in [0.05, 0.1) is 5.56 Å². The standard InChI is InChI=1S/C12H17N3O.ClH/c1-10-3-4-11(9-14-10)12(16)15-7-2-5-13-6-8-15;/h3-4,9,13H,2,5-8H2,1H3;1H. The van der Waals surface area contributed by atoms with Gasteiger partial charge in [0.25, 0.3) is 5.91 Å². The van der Waals surface area contributed by atoms with Crippen molar-refractivity contribution in [2.75, 3.05) is 26.2 Å². The number of amides is 1. The number of hydrogen-bond acceptors (Lipinski definition) is 3. The fraction of sp³-hybridized carbons (Fsp3) is 0.500. The molecule has 0 saturated carbocycles. The van der Waals surface area contributed by atoms with Crippen molar-refractivity contribution in [3.63, 3.8) is 0 Å². The van der Waals surface area contributed by atoms with Gasteiger partial charge in [-0.15, -0.1) is 12.4 Å². The molecular formula is C12H18ClN3O. The second-order valence-electron chi connectivity index (χ2n) is 4.08. The van der Waals surface area contributed by atoms with E-state index in [1.807, 2.05) is 24.0 Å². The highest BCUT2D eigenvalue weighted by Gasteiger charge is 2.16. The Labute approximate surface area is 108 Å². The Morgan fingerprint density at radius 2 is 2.18 bits per heavy atom. The number of aryl methyl sites for hydroxylation is 1. The van der Waals surface area contributed by atoms with Crippen LogP contribution in [0.2, 0.25) is 0 Å². The molecule has 1 aromatic heterocycles. The minimum absolute atomic E-state index is 0. The van der Waals surface area contributed by atoms with E-state index in [4.69, 9.17) is 0 Å². The van der Waals surface area contributed by atoms with E-state index in [9.17, 15) is 4.79 Å². The van der Waals surface area contributed by atoms with Gasteiger partial charge in [0.15, 0.2) is 0 Å². The van der Waals surface area contributed by atoms with Gasteiger partial charge in [-0.25, -0.2) is 0 Å². The number of carbonyl (C=O) groups excluding carboxylic acids is 1. The van der Waals surface area contributed by atoms with Gasteiger partial charge in [-0.1, -0.05) is 0 Å². The van der Waals surface area contributed by atoms with Crippen LogP contribution in [0.1, 0.15) is 22.5 Å². The first kappa shape index (κ1) is 13.9. The Hall–Kier alpha value is -1.13. The third-order valence-electron chi connectivity index (χ3n) is 2.79. The molecule has 1 aliphatic rings. The number of halogens is 1. The summed E-state index contributed by atoms with van der Waals surface area (Å²) < 4.78 is 0. The number of aromatic nitrogens is 1. The molecule has 0 bridgehead atoms. The van der Waals surface area contributed by atoms with Gasteiger partial charge in [0, 0.05) is 31.5 Å². The number of nitrogens with zero attached hydrogens (tertiary/aromatic N) is 2. The fourth-order valence-corrected chi connectivity index (χ4v) is 1.83. The normalized spacial score (nSPS) is 15.9. The molecular weight excluding hydrogens is 238 g/mol. The van der Waals surface area contributed by atoms with Crippen LogP contribution in [-0.2, 0) is 0 Å². The first-order valence-corrected chi connectivity index (χ1v) is 5.70. The molecule has 2 rings (SSSR count). The summed E-state index contributed by atoms with van der Waals surface area (Å²) in [5.74, 6) is 0.0937. The van der Waals surface area contributed by atoms with Crippen LogP contribution < -0.4 is 5.32 Å². The molecule has 1 saturated heterocycles. The molecule has 0 atom stereocenters. The average molecular weight is 256 g/mol. The Kier molecular flexibility index (Phi) is 5.38. The molecule has 1 aliphatic heterocycles. The maximum Gasteiger partial charge on any atom is 0.255 e. The lowest BCUT2D eigenvalue weighted by Crippen LogP contribution is -2.34. The highest BCUT2D eigenvalue weighted by atomic mass is 35.5. The van der Waals surface area contributed by atoms with Crippen molar-refractivity contribution in [2.45, 2.75) is 13.3 Å². The minimum atomic E-state index is 0. The summed E-state index contributed by atoms with van der Waals surface area (Å²) in [6.45, 7) is 5.41. The van der Waals surface area contributed by atoms with E-state index in [2.05, 4.69) is 10.3 Å². The van der Waals surface area contributed by atoms with Gasteiger partial charge >= 0.3 is 0 Å². The van der Waals surface area contributed by atoms with Crippen LogP contribution >= 0.6 is 12.4 Å². The molecule has 1 aromatic rings. The maximum absolute atomic E-state index is 12.1. The number of pyridine rings is 1. The van der Waals surface area contributed by atoms with Crippen molar-refractivity contribution in [3.05, 3.63) is 29.6 Å². The van der Waals surface area contributed by atoms with E-state index < -0.39 is 0 Å². The molecule has 2 heterocycles. The molecule has 1 amide bonds. The van der Waals surface area contributed by atoms with E-state index in [0.29, 0.717) is 5.56 Å². The van der Waals surface area contributed by atoms with E-state index in [-0.39, 0.29) is 18.3 Å². The van der Waals surface area contributed by atoms with Crippen molar-refractivity contribution in [1.82, 2.24) is 15.2 Å². The average Bonchev–Trinajstić information content (AvgIpc) is 2.57. The molecule has 94 valence electrons. The summed E-state index contributed by atoms with van der Waals surface area (Å²) in [7, 11) is 0. The van der Waals surface area contributed by atoms with Gasteiger partial charge in [-0.2, -0.15) is 0 Å². The first-order chi connectivity index (χ1) is 7.77. The number of nitrogens with one attached hydrogen (secondary N) is 1. The summed E-state index contributed by atoms with van der Waals surface area (Å²) in [6, 6.07) is 3.73. The van der Waals surface area contributed by atoms with E-state index in [0.717, 1.165) is 38.3 Å². The molecule has 0 aromatic carbocycles. The summed E-state index contributed by atoms with van der Waals surface area (Å²) in [5.41, 5.74) is 1.63. The molecule has 0 radical (unpaired) electrons. The third-order valence-corrected chi connectivity index (χ3v) is 2.79. The van der Waals surface area contributed by atoms with Gasteiger partial charge in [0.1, 0.15) is 0 Å². The Bertz CT molecular complexity index is 359. The van der Waals surface area contributed by atoms with Gasteiger partial charge in [0.2, 0.25) is 0 Å². The summed E-state index contributed by atoms with van der Waals surface area (Å²) in [5, 5.41) is 3.28. The predicted molar refractivity (Wildman–Crippen MR) is 69.6 cm³/mol. The van der Waals surface area contributed by atoms with Crippen LogP contribution in [0.4, 0.5) is 0 Å². The van der Waals surface area contributed by atoms with Crippen molar-refractivity contribution >= 4 is 18.3 Å². The monoisotopic (exact) mass is 255 g/mol. The molecule has 0 unspecified atom stereocenters. The molecule has 1 N–H and O–H groups in total. The van der Waals surface area contributed by atoms with Crippen molar-refractivity contribution < 1.29 is 4.79 Å². The maximum atomic E-state index is 12.1. The SMILES string of the molecule is Cc1ccc(C(=O)N2CCCNCC2)cn1.Cl. The fourth-order valence-electron chi connectivity index (χ4n) is 1.83. The highest BCUT2D eigenvalue weighted by Crippen LogP contribution is 2.06. The lowest BCUT2D eigenvalue weighted by Gasteiger charge is -2.19. The van der Waals surface area contributed by atoms with Crippen LogP contribution in [-0.4, -0.2) is 42.0 Å². The van der Waals surface area contributed by atoms with E-state index >= 15 is 0 Å². The Morgan fingerprint density at radius 1 is 1.35 bits per heavy atom. The van der Waals surface area contributed by atoms with Crippen LogP contribution in [0.25, 0.3) is 0 Å². The lowest BCUT2D eigenvalue weighted by atomic mass is 10.2. The minimum Gasteiger partial charge on any atom is -0.337 e. The summed E-state index contributed by atoms with van der Waals surface area (Å²) in [6.07, 6.45) is 2.68. The summed E-state index contributed by atoms with van der Waals surface area (Å²) >= 11 is 0. The second kappa shape index (κ2) is 6.57. The zero-order valence-corrected chi connectivity index (χ0v) is 10.8. The topological polar surface area (TPSA) is 45.2 Å². The Morgan fingerprint density at radius 3 is 2.88 bits per heavy atom. The molecule has 17 heavy (non-hydrogen) atoms. The van der Waals surface area contributed by atoms with Crippen molar-refractivity contribution in [3.8, 4) is 0 Å². The van der Waals surface area contributed by atoms with E-state index in [1.165, 1.54) is 0 Å². The second-order valence-corrected chi connectivity index (χ2v) is 4.08. The molecule has 4 nitrogen and oxygen atoms in total. The van der Waals surface area contributed by atoms with E-state index in [1.54, 1.807) is 6.20 Å². The quantitative estimate of drug-likeness (QED) is 0.822. The predicted octanol–water partition coefficient (Wildman–Crippen LogP) is 1.25. The number of hydrogen-bond donors (Lipinski definition) is 1. The highest BCUT2D eigenvalue weighted by molar-refractivity contribution is 5.93. The first-order valence-electron chi connectivity index (χ1n) is 5.70. The largest absolute Gasteiger partial charge is 0.337 e. The van der Waals surface area contributed by atoms with Crippen LogP contribution in [0.15, 0.2) is 18.3 Å². The summed E-state index contributed by atoms with van der Waals surface area (Å²) in [4.78, 5) is 18.2. The lowest BCUT2D eigenvalue weighted by molar-refractivity contribution is 0.0766. The van der Waals surface area contributed by atoms with Crippen molar-refractivity contribution in [2.24, 2.45) is 0 Å². The van der Waals surface area contributed by atoms with Crippen molar-refractivity contribution in [1.29, 1.82) is 0 Å². The molecule has 0 aliphatic carbocycles. The molecule has 1 fully saturated rings. The van der Waals surface area contributed by atoms with Crippen LogP contribution in [0.5, 0.6) is 0 Å². The van der Waals surface area contributed by atoms with Gasteiger partial charge in [-0.05, 0) is 32.0 Å².